The van der Waals surface area contributed by atoms with Crippen LogP contribution in [0.15, 0.2) is 41.2 Å². The number of hydrogen-bond donors (Lipinski definition) is 2. The second kappa shape index (κ2) is 14.4. The van der Waals surface area contributed by atoms with E-state index in [0.29, 0.717) is 17.2 Å². The van der Waals surface area contributed by atoms with Gasteiger partial charge in [0.1, 0.15) is 0 Å². The van der Waals surface area contributed by atoms with E-state index in [9.17, 15) is 9.59 Å². The van der Waals surface area contributed by atoms with Crippen molar-refractivity contribution in [3.8, 4) is 0 Å². The molecular weight excluding hydrogens is 548 g/mol. The Morgan fingerprint density at radius 2 is 1.75 bits per heavy atom. The molecule has 1 saturated heterocycles. The molecule has 2 heterocycles. The molecule has 234 valence electrons. The number of rotatable bonds is 10. The van der Waals surface area contributed by atoms with E-state index >= 15 is 0 Å². The van der Waals surface area contributed by atoms with Gasteiger partial charge in [-0.15, -0.1) is 0 Å². The van der Waals surface area contributed by atoms with Crippen molar-refractivity contribution in [2.45, 2.75) is 78.4 Å². The predicted octanol–water partition coefficient (Wildman–Crippen LogP) is 6.04. The van der Waals surface area contributed by atoms with Crippen molar-refractivity contribution >= 4 is 23.7 Å². The fourth-order valence-corrected chi connectivity index (χ4v) is 6.89. The Bertz CT molecular complexity index is 1570. The number of aryl methyl sites for hydroxylation is 1. The molecule has 0 bridgehead atoms. The van der Waals surface area contributed by atoms with Crippen LogP contribution in [0.1, 0.15) is 87.6 Å². The van der Waals surface area contributed by atoms with Gasteiger partial charge in [0.25, 0.3) is 11.5 Å². The number of amides is 1. The summed E-state index contributed by atoms with van der Waals surface area (Å²) in [5.41, 5.74) is 9.98. The van der Waals surface area contributed by atoms with Crippen molar-refractivity contribution in [3.63, 3.8) is 0 Å². The molecule has 1 fully saturated rings. The minimum absolute atomic E-state index is 0.0919. The molecule has 0 saturated carbocycles. The Kier molecular flexibility index (Phi) is 10.4. The van der Waals surface area contributed by atoms with Gasteiger partial charge in [-0.2, -0.15) is 0 Å². The second-order valence-corrected chi connectivity index (χ2v) is 12.6. The smallest absolute Gasteiger partial charge is 0.253 e. The molecule has 2 aromatic carbocycles. The van der Waals surface area contributed by atoms with Crippen molar-refractivity contribution in [1.82, 2.24) is 15.2 Å². The van der Waals surface area contributed by atoms with Crippen LogP contribution < -0.4 is 15.8 Å². The average Bonchev–Trinajstić information content (AvgIpc) is 3.01. The summed E-state index contributed by atoms with van der Waals surface area (Å²) >= 11 is 0. The summed E-state index contributed by atoms with van der Waals surface area (Å²) in [4.78, 5) is 34.5. The maximum atomic E-state index is 13.9. The predicted molar refractivity (Wildman–Crippen MR) is 180 cm³/mol. The third-order valence-electron chi connectivity index (χ3n) is 9.13. The van der Waals surface area contributed by atoms with E-state index in [2.05, 4.69) is 83.6 Å². The first-order valence-electron chi connectivity index (χ1n) is 16.2. The second-order valence-electron chi connectivity index (χ2n) is 12.6. The zero-order valence-corrected chi connectivity index (χ0v) is 27.1. The molecule has 7 nitrogen and oxygen atoms in total. The maximum Gasteiger partial charge on any atom is 0.253 e. The van der Waals surface area contributed by atoms with Crippen LogP contribution in [0, 0.1) is 13.8 Å². The van der Waals surface area contributed by atoms with Gasteiger partial charge < -0.3 is 24.8 Å². The Labute approximate surface area is 262 Å². The lowest BCUT2D eigenvalue weighted by molar-refractivity contribution is 0.0845. The van der Waals surface area contributed by atoms with E-state index in [1.807, 2.05) is 19.9 Å². The number of anilines is 1. The molecule has 0 unspecified atom stereocenters. The van der Waals surface area contributed by atoms with Crippen LogP contribution in [0.25, 0.3) is 12.2 Å². The van der Waals surface area contributed by atoms with Crippen LogP contribution in [-0.4, -0.2) is 55.7 Å². The minimum atomic E-state index is -0.153. The third-order valence-corrected chi connectivity index (χ3v) is 9.13. The summed E-state index contributed by atoms with van der Waals surface area (Å²) in [6.07, 6.45) is 10.2. The zero-order valence-electron chi connectivity index (χ0n) is 27.1. The highest BCUT2D eigenvalue weighted by Crippen LogP contribution is 2.31. The molecule has 5 rings (SSSR count). The van der Waals surface area contributed by atoms with Gasteiger partial charge in [0.15, 0.2) is 0 Å². The first-order chi connectivity index (χ1) is 21.2. The average molecular weight is 597 g/mol. The largest absolute Gasteiger partial charge is 0.381 e. The number of carbonyl (C=O) groups excluding carboxylic acids is 1. The van der Waals surface area contributed by atoms with Gasteiger partial charge in [-0.3, -0.25) is 9.59 Å². The third kappa shape index (κ3) is 7.33. The van der Waals surface area contributed by atoms with Crippen molar-refractivity contribution in [3.05, 3.63) is 97.0 Å². The number of hydrogen-bond acceptors (Lipinski definition) is 5. The number of fused-ring (bicyclic) bond motifs is 1. The van der Waals surface area contributed by atoms with Crippen molar-refractivity contribution < 1.29 is 9.53 Å². The SMILES string of the molecule is CCN(c1cc(/C=C/c2cccc(CN(C)C)c2)cc(C(=O)NCc2c3c(c(C)[nH]c2=O)CCCC3)c1C)C1CCOCC1. The minimum Gasteiger partial charge on any atom is -0.381 e. The number of aromatic amines is 1. The van der Waals surface area contributed by atoms with Crippen LogP contribution in [-0.2, 0) is 30.7 Å². The molecule has 0 radical (unpaired) electrons. The van der Waals surface area contributed by atoms with Gasteiger partial charge in [0, 0.05) is 61.4 Å². The molecule has 3 aromatic rings. The van der Waals surface area contributed by atoms with Gasteiger partial charge in [-0.05, 0) is 119 Å². The van der Waals surface area contributed by atoms with Crippen LogP contribution in [0.2, 0.25) is 0 Å². The van der Waals surface area contributed by atoms with Gasteiger partial charge in [0.05, 0.1) is 0 Å². The molecule has 1 aliphatic carbocycles. The lowest BCUT2D eigenvalue weighted by atomic mass is 9.88. The quantitative estimate of drug-likeness (QED) is 0.279. The lowest BCUT2D eigenvalue weighted by Gasteiger charge is -2.36. The number of carbonyl (C=O) groups is 1. The number of nitrogens with one attached hydrogen (secondary N) is 2. The van der Waals surface area contributed by atoms with E-state index in [1.54, 1.807) is 0 Å². The van der Waals surface area contributed by atoms with Gasteiger partial charge in [-0.1, -0.05) is 36.4 Å². The van der Waals surface area contributed by atoms with Gasteiger partial charge >= 0.3 is 0 Å². The standard InChI is InChI=1S/C37H48N4O3/c1-6-41(30-16-18-44-19-17-30)35-22-28(15-14-27-10-9-11-29(20-27)24-40(4)5)21-33(25(35)2)36(42)38-23-34-32-13-8-7-12-31(32)26(3)39-37(34)43/h9-11,14-15,20-22,30H,6-8,12-13,16-19,23-24H2,1-5H3,(H,38,42)(H,39,43)/b15-14+. The summed E-state index contributed by atoms with van der Waals surface area (Å²) in [6.45, 7) is 9.67. The molecule has 1 amide bonds. The Hall–Kier alpha value is -3.68. The number of pyridine rings is 1. The van der Waals surface area contributed by atoms with Gasteiger partial charge in [0.2, 0.25) is 0 Å². The Morgan fingerprint density at radius 3 is 2.48 bits per heavy atom. The molecular formula is C37H48N4O3. The first-order valence-corrected chi connectivity index (χ1v) is 16.2. The lowest BCUT2D eigenvalue weighted by Crippen LogP contribution is -2.40. The van der Waals surface area contributed by atoms with Crippen LogP contribution in [0.3, 0.4) is 0 Å². The van der Waals surface area contributed by atoms with Crippen LogP contribution in [0.5, 0.6) is 0 Å². The van der Waals surface area contributed by atoms with E-state index < -0.39 is 0 Å². The number of nitrogens with zero attached hydrogens (tertiary/aromatic N) is 2. The number of benzene rings is 2. The molecule has 44 heavy (non-hydrogen) atoms. The van der Waals surface area contributed by atoms with E-state index in [0.717, 1.165) is 98.5 Å². The maximum absolute atomic E-state index is 13.9. The molecule has 7 heteroatoms. The highest BCUT2D eigenvalue weighted by atomic mass is 16.5. The summed E-state index contributed by atoms with van der Waals surface area (Å²) in [5.74, 6) is -0.153. The highest BCUT2D eigenvalue weighted by molar-refractivity contribution is 5.98. The molecule has 2 aliphatic rings. The van der Waals surface area contributed by atoms with Crippen molar-refractivity contribution in [1.29, 1.82) is 0 Å². The number of aromatic nitrogens is 1. The van der Waals surface area contributed by atoms with Crippen molar-refractivity contribution in [2.75, 3.05) is 38.8 Å². The summed E-state index contributed by atoms with van der Waals surface area (Å²) in [5, 5.41) is 3.13. The molecule has 0 spiro atoms. The Balaban J connectivity index is 1.48. The summed E-state index contributed by atoms with van der Waals surface area (Å²) in [7, 11) is 4.15. The molecule has 1 aliphatic heterocycles. The van der Waals surface area contributed by atoms with E-state index in [4.69, 9.17) is 4.74 Å². The monoisotopic (exact) mass is 596 g/mol. The molecule has 0 atom stereocenters. The number of H-pyrrole nitrogens is 1. The fraction of sp³-hybridized carbons (Fsp3) is 0.459. The topological polar surface area (TPSA) is 77.7 Å². The van der Waals surface area contributed by atoms with E-state index in [-0.39, 0.29) is 18.0 Å². The summed E-state index contributed by atoms with van der Waals surface area (Å²) in [6, 6.07) is 13.1. The highest BCUT2D eigenvalue weighted by Gasteiger charge is 2.25. The van der Waals surface area contributed by atoms with Crippen LogP contribution in [0.4, 0.5) is 5.69 Å². The summed E-state index contributed by atoms with van der Waals surface area (Å²) < 4.78 is 5.66. The van der Waals surface area contributed by atoms with Gasteiger partial charge in [-0.25, -0.2) is 0 Å². The molecule has 1 aromatic heterocycles. The zero-order chi connectivity index (χ0) is 31.2. The normalized spacial score (nSPS) is 15.5. The molecule has 2 N–H and O–H groups in total. The number of ether oxygens (including phenoxy) is 1. The first kappa shape index (κ1) is 31.7. The van der Waals surface area contributed by atoms with E-state index in [1.165, 1.54) is 11.1 Å². The van der Waals surface area contributed by atoms with Crippen molar-refractivity contribution in [2.24, 2.45) is 0 Å². The van der Waals surface area contributed by atoms with Crippen LogP contribution >= 0.6 is 0 Å². The Morgan fingerprint density at radius 1 is 1.02 bits per heavy atom. The fourth-order valence-electron chi connectivity index (χ4n) is 6.89.